The van der Waals surface area contributed by atoms with Gasteiger partial charge in [0.1, 0.15) is 5.75 Å². The van der Waals surface area contributed by atoms with E-state index in [1.54, 1.807) is 7.11 Å². The molecule has 0 bridgehead atoms. The highest BCUT2D eigenvalue weighted by Gasteiger charge is 2.22. The van der Waals surface area contributed by atoms with Crippen molar-refractivity contribution in [3.63, 3.8) is 0 Å². The van der Waals surface area contributed by atoms with Gasteiger partial charge in [0.05, 0.1) is 20.3 Å². The van der Waals surface area contributed by atoms with Gasteiger partial charge in [-0.2, -0.15) is 0 Å². The van der Waals surface area contributed by atoms with Crippen molar-refractivity contribution < 1.29 is 9.47 Å². The number of morpholine rings is 1. The van der Waals surface area contributed by atoms with E-state index in [0.717, 1.165) is 61.4 Å². The molecule has 1 saturated heterocycles. The van der Waals surface area contributed by atoms with Crippen molar-refractivity contribution in [3.8, 4) is 5.75 Å². The minimum Gasteiger partial charge on any atom is -0.497 e. The zero-order valence-corrected chi connectivity index (χ0v) is 17.7. The molecule has 1 aliphatic rings. The molecule has 0 saturated carbocycles. The Balaban J connectivity index is 1.73. The maximum atomic E-state index is 6.48. The molecular formula is C22H30ClN3O2. The molecule has 2 aromatic carbocycles. The number of rotatable bonds is 8. The lowest BCUT2D eigenvalue weighted by atomic mass is 10.0. The summed E-state index contributed by atoms with van der Waals surface area (Å²) in [5.74, 6) is 0.879. The highest BCUT2D eigenvalue weighted by molar-refractivity contribution is 6.31. The lowest BCUT2D eigenvalue weighted by Gasteiger charge is -2.35. The van der Waals surface area contributed by atoms with E-state index < -0.39 is 0 Å². The van der Waals surface area contributed by atoms with Gasteiger partial charge < -0.3 is 19.7 Å². The van der Waals surface area contributed by atoms with Gasteiger partial charge >= 0.3 is 0 Å². The van der Waals surface area contributed by atoms with Gasteiger partial charge in [0.15, 0.2) is 0 Å². The Morgan fingerprint density at radius 2 is 1.86 bits per heavy atom. The Bertz CT molecular complexity index is 746. The number of methoxy groups -OCH3 is 1. The molecule has 3 rings (SSSR count). The third-order valence-corrected chi connectivity index (χ3v) is 5.56. The molecule has 1 fully saturated rings. The average molecular weight is 404 g/mol. The Morgan fingerprint density at radius 1 is 1.14 bits per heavy atom. The van der Waals surface area contributed by atoms with Gasteiger partial charge in [-0.05, 0) is 29.8 Å². The minimum absolute atomic E-state index is 0.278. The summed E-state index contributed by atoms with van der Waals surface area (Å²) < 4.78 is 10.9. The molecule has 1 atom stereocenters. The van der Waals surface area contributed by atoms with Gasteiger partial charge in [0.25, 0.3) is 0 Å². The van der Waals surface area contributed by atoms with Crippen LogP contribution >= 0.6 is 11.6 Å². The van der Waals surface area contributed by atoms with Crippen molar-refractivity contribution in [2.45, 2.75) is 12.6 Å². The van der Waals surface area contributed by atoms with E-state index in [2.05, 4.69) is 33.3 Å². The number of nitrogens with one attached hydrogen (secondary N) is 1. The van der Waals surface area contributed by atoms with Gasteiger partial charge in [-0.1, -0.05) is 29.8 Å². The summed E-state index contributed by atoms with van der Waals surface area (Å²) in [6, 6.07) is 14.7. The highest BCUT2D eigenvalue weighted by atomic mass is 35.5. The summed E-state index contributed by atoms with van der Waals surface area (Å²) in [7, 11) is 5.79. The Labute approximate surface area is 173 Å². The van der Waals surface area contributed by atoms with Crippen molar-refractivity contribution in [1.29, 1.82) is 0 Å². The first-order chi connectivity index (χ1) is 13.6. The molecule has 0 radical (unpaired) electrons. The van der Waals surface area contributed by atoms with Crippen LogP contribution in [-0.4, -0.2) is 59.0 Å². The molecule has 0 amide bonds. The van der Waals surface area contributed by atoms with Gasteiger partial charge in [-0.25, -0.2) is 0 Å². The molecule has 28 heavy (non-hydrogen) atoms. The number of hydrogen-bond donors (Lipinski definition) is 1. The van der Waals surface area contributed by atoms with Crippen LogP contribution in [0.15, 0.2) is 42.5 Å². The summed E-state index contributed by atoms with van der Waals surface area (Å²) in [5.41, 5.74) is 3.55. The largest absolute Gasteiger partial charge is 0.497 e. The highest BCUT2D eigenvalue weighted by Crippen LogP contribution is 2.27. The molecule has 0 aliphatic carbocycles. The van der Waals surface area contributed by atoms with E-state index in [1.165, 1.54) is 5.56 Å². The number of halogens is 1. The molecular weight excluding hydrogens is 374 g/mol. The summed E-state index contributed by atoms with van der Waals surface area (Å²) in [4.78, 5) is 4.59. The summed E-state index contributed by atoms with van der Waals surface area (Å²) in [6.45, 7) is 5.00. The summed E-state index contributed by atoms with van der Waals surface area (Å²) in [6.07, 6.45) is 0. The van der Waals surface area contributed by atoms with Crippen LogP contribution in [0.2, 0.25) is 5.02 Å². The van der Waals surface area contributed by atoms with E-state index in [9.17, 15) is 0 Å². The smallest absolute Gasteiger partial charge is 0.118 e. The Kier molecular flexibility index (Phi) is 7.57. The predicted octanol–water partition coefficient (Wildman–Crippen LogP) is 3.58. The molecule has 1 heterocycles. The SMILES string of the molecule is COc1ccc(C(CNCc2c(Cl)cccc2N(C)C)N2CCOCC2)cc1. The second kappa shape index (κ2) is 10.1. The lowest BCUT2D eigenvalue weighted by Crippen LogP contribution is -2.42. The quantitative estimate of drug-likeness (QED) is 0.729. The first kappa shape index (κ1) is 20.9. The number of ether oxygens (including phenoxy) is 2. The normalized spacial score (nSPS) is 16.0. The molecule has 6 heteroatoms. The second-order valence-electron chi connectivity index (χ2n) is 7.20. The van der Waals surface area contributed by atoms with Crippen LogP contribution in [0.25, 0.3) is 0 Å². The molecule has 2 aromatic rings. The monoisotopic (exact) mass is 403 g/mol. The van der Waals surface area contributed by atoms with Crippen molar-refractivity contribution in [2.75, 3.05) is 59.0 Å². The van der Waals surface area contributed by atoms with Gasteiger partial charge in [0, 0.05) is 62.6 Å². The molecule has 1 N–H and O–H groups in total. The van der Waals surface area contributed by atoms with Crippen LogP contribution in [0.4, 0.5) is 5.69 Å². The zero-order valence-electron chi connectivity index (χ0n) is 17.0. The van der Waals surface area contributed by atoms with Crippen molar-refractivity contribution in [2.24, 2.45) is 0 Å². The Morgan fingerprint density at radius 3 is 2.50 bits per heavy atom. The van der Waals surface area contributed by atoms with Crippen LogP contribution in [-0.2, 0) is 11.3 Å². The first-order valence-corrected chi connectivity index (χ1v) is 10.1. The standard InChI is InChI=1S/C22H30ClN3O2/c1-25(2)21-6-4-5-20(23)19(21)15-24-16-22(26-11-13-28-14-12-26)17-7-9-18(27-3)10-8-17/h4-10,22,24H,11-16H2,1-3H3. The summed E-state index contributed by atoms with van der Waals surface area (Å²) in [5, 5.41) is 4.43. The fourth-order valence-electron chi connectivity index (χ4n) is 3.65. The van der Waals surface area contributed by atoms with Crippen molar-refractivity contribution >= 4 is 17.3 Å². The van der Waals surface area contributed by atoms with Gasteiger partial charge in [0.2, 0.25) is 0 Å². The molecule has 152 valence electrons. The van der Waals surface area contributed by atoms with Crippen LogP contribution in [0.3, 0.4) is 0 Å². The topological polar surface area (TPSA) is 37.0 Å². The van der Waals surface area contributed by atoms with Crippen LogP contribution < -0.4 is 15.0 Å². The van der Waals surface area contributed by atoms with Crippen molar-refractivity contribution in [3.05, 3.63) is 58.6 Å². The van der Waals surface area contributed by atoms with Crippen LogP contribution in [0.5, 0.6) is 5.75 Å². The molecule has 1 aliphatic heterocycles. The zero-order chi connectivity index (χ0) is 19.9. The lowest BCUT2D eigenvalue weighted by molar-refractivity contribution is 0.0161. The average Bonchev–Trinajstić information content (AvgIpc) is 2.73. The van der Waals surface area contributed by atoms with Crippen LogP contribution in [0, 0.1) is 0 Å². The van der Waals surface area contributed by atoms with E-state index in [4.69, 9.17) is 21.1 Å². The third kappa shape index (κ3) is 5.17. The number of benzene rings is 2. The maximum Gasteiger partial charge on any atom is 0.118 e. The summed E-state index contributed by atoms with van der Waals surface area (Å²) >= 11 is 6.48. The number of nitrogens with zero attached hydrogens (tertiary/aromatic N) is 2. The number of hydrogen-bond acceptors (Lipinski definition) is 5. The first-order valence-electron chi connectivity index (χ1n) is 9.71. The third-order valence-electron chi connectivity index (χ3n) is 5.20. The molecule has 5 nitrogen and oxygen atoms in total. The fourth-order valence-corrected chi connectivity index (χ4v) is 3.88. The molecule has 1 unspecified atom stereocenters. The maximum absolute atomic E-state index is 6.48. The van der Waals surface area contributed by atoms with Gasteiger partial charge in [-0.3, -0.25) is 4.90 Å². The predicted molar refractivity (Wildman–Crippen MR) is 116 cm³/mol. The van der Waals surface area contributed by atoms with Crippen LogP contribution in [0.1, 0.15) is 17.2 Å². The van der Waals surface area contributed by atoms with E-state index in [-0.39, 0.29) is 6.04 Å². The van der Waals surface area contributed by atoms with Gasteiger partial charge in [-0.15, -0.1) is 0 Å². The minimum atomic E-state index is 0.278. The number of anilines is 1. The fraction of sp³-hybridized carbons (Fsp3) is 0.455. The molecule has 0 aromatic heterocycles. The molecule has 0 spiro atoms. The second-order valence-corrected chi connectivity index (χ2v) is 7.61. The van der Waals surface area contributed by atoms with Crippen molar-refractivity contribution in [1.82, 2.24) is 10.2 Å². The van der Waals surface area contributed by atoms with E-state index in [0.29, 0.717) is 0 Å². The van der Waals surface area contributed by atoms with E-state index >= 15 is 0 Å². The van der Waals surface area contributed by atoms with E-state index in [1.807, 2.05) is 38.4 Å². The Hall–Kier alpha value is -1.79.